The summed E-state index contributed by atoms with van der Waals surface area (Å²) in [6.07, 6.45) is 1.09. The molecule has 1 unspecified atom stereocenters. The molecule has 2 aromatic carbocycles. The lowest BCUT2D eigenvalue weighted by molar-refractivity contribution is 0.0939. The fourth-order valence-electron chi connectivity index (χ4n) is 2.99. The van der Waals surface area contributed by atoms with Crippen molar-refractivity contribution in [2.45, 2.75) is 40.7 Å². The van der Waals surface area contributed by atoms with E-state index in [2.05, 4.69) is 36.0 Å². The Balaban J connectivity index is 2.28. The molecule has 6 heteroatoms. The molecule has 2 rings (SSSR count). The lowest BCUT2D eigenvalue weighted by Crippen LogP contribution is -2.28. The molecule has 0 radical (unpaired) electrons. The predicted molar refractivity (Wildman–Crippen MR) is 106 cm³/mol. The van der Waals surface area contributed by atoms with Crippen molar-refractivity contribution in [3.8, 4) is 0 Å². The Morgan fingerprint density at radius 1 is 1.00 bits per heavy atom. The molecule has 0 saturated heterocycles. The quantitative estimate of drug-likeness (QED) is 0.836. The van der Waals surface area contributed by atoms with Crippen LogP contribution >= 0.6 is 0 Å². The van der Waals surface area contributed by atoms with Crippen LogP contribution in [0, 0.1) is 27.7 Å². The number of rotatable bonds is 5. The monoisotopic (exact) mass is 374 g/mol. The van der Waals surface area contributed by atoms with Gasteiger partial charge in [-0.3, -0.25) is 9.52 Å². The van der Waals surface area contributed by atoms with Gasteiger partial charge in [-0.05, 0) is 74.6 Å². The number of hydrogen-bond donors (Lipinski definition) is 2. The van der Waals surface area contributed by atoms with E-state index in [4.69, 9.17) is 0 Å². The molecule has 0 bridgehead atoms. The van der Waals surface area contributed by atoms with E-state index in [0.717, 1.165) is 17.4 Å². The van der Waals surface area contributed by atoms with Crippen LogP contribution in [-0.4, -0.2) is 20.6 Å². The number of nitrogens with one attached hydrogen (secondary N) is 2. The zero-order chi connectivity index (χ0) is 19.6. The maximum Gasteiger partial charge on any atom is 0.252 e. The standard InChI is InChI=1S/C20H26N2O3S/c1-12-10-14(3)18(11-13(12)2)16(5)21-20(23)17-8-7-9-19(15(17)4)22-26(6,24)25/h7-11,16,22H,1-6H3,(H,21,23). The summed E-state index contributed by atoms with van der Waals surface area (Å²) in [5.74, 6) is -0.232. The molecule has 0 spiro atoms. The number of anilines is 1. The molecule has 2 N–H and O–H groups in total. The van der Waals surface area contributed by atoms with Crippen molar-refractivity contribution in [3.05, 3.63) is 63.7 Å². The first-order chi connectivity index (χ1) is 12.0. The molecule has 0 aromatic heterocycles. The van der Waals surface area contributed by atoms with E-state index in [1.807, 2.05) is 13.8 Å². The van der Waals surface area contributed by atoms with Gasteiger partial charge in [0.2, 0.25) is 10.0 Å². The summed E-state index contributed by atoms with van der Waals surface area (Å²) in [6.45, 7) is 9.83. The van der Waals surface area contributed by atoms with Gasteiger partial charge in [0.1, 0.15) is 0 Å². The predicted octanol–water partition coefficient (Wildman–Crippen LogP) is 3.78. The van der Waals surface area contributed by atoms with Crippen molar-refractivity contribution in [2.24, 2.45) is 0 Å². The topological polar surface area (TPSA) is 75.3 Å². The van der Waals surface area contributed by atoms with Gasteiger partial charge in [0.05, 0.1) is 18.0 Å². The molecule has 1 amide bonds. The fraction of sp³-hybridized carbons (Fsp3) is 0.350. The van der Waals surface area contributed by atoms with Crippen molar-refractivity contribution in [2.75, 3.05) is 11.0 Å². The van der Waals surface area contributed by atoms with E-state index in [1.165, 1.54) is 11.1 Å². The summed E-state index contributed by atoms with van der Waals surface area (Å²) in [4.78, 5) is 12.7. The van der Waals surface area contributed by atoms with Crippen LogP contribution in [0.2, 0.25) is 0 Å². The molecular formula is C20H26N2O3S. The smallest absolute Gasteiger partial charge is 0.252 e. The minimum atomic E-state index is -3.40. The van der Waals surface area contributed by atoms with Gasteiger partial charge in [0.15, 0.2) is 0 Å². The highest BCUT2D eigenvalue weighted by Gasteiger charge is 2.17. The summed E-state index contributed by atoms with van der Waals surface area (Å²) >= 11 is 0. The van der Waals surface area contributed by atoms with E-state index >= 15 is 0 Å². The van der Waals surface area contributed by atoms with Crippen LogP contribution in [0.3, 0.4) is 0 Å². The lowest BCUT2D eigenvalue weighted by atomic mass is 9.96. The third-order valence-corrected chi connectivity index (χ3v) is 5.16. The molecule has 2 aromatic rings. The first-order valence-electron chi connectivity index (χ1n) is 8.45. The van der Waals surface area contributed by atoms with Crippen LogP contribution in [0.15, 0.2) is 30.3 Å². The Hall–Kier alpha value is -2.34. The number of hydrogen-bond acceptors (Lipinski definition) is 3. The van der Waals surface area contributed by atoms with Gasteiger partial charge in [-0.2, -0.15) is 0 Å². The second-order valence-electron chi connectivity index (χ2n) is 6.84. The first kappa shape index (κ1) is 20.0. The van der Waals surface area contributed by atoms with Crippen molar-refractivity contribution in [3.63, 3.8) is 0 Å². The molecule has 0 fully saturated rings. The highest BCUT2D eigenvalue weighted by molar-refractivity contribution is 7.92. The third-order valence-electron chi connectivity index (χ3n) is 4.57. The van der Waals surface area contributed by atoms with Crippen molar-refractivity contribution >= 4 is 21.6 Å². The van der Waals surface area contributed by atoms with Gasteiger partial charge >= 0.3 is 0 Å². The number of amides is 1. The average molecular weight is 375 g/mol. The van der Waals surface area contributed by atoms with Gasteiger partial charge < -0.3 is 5.32 Å². The summed E-state index contributed by atoms with van der Waals surface area (Å²) in [5, 5.41) is 3.01. The summed E-state index contributed by atoms with van der Waals surface area (Å²) in [7, 11) is -3.40. The van der Waals surface area contributed by atoms with E-state index in [9.17, 15) is 13.2 Å². The lowest BCUT2D eigenvalue weighted by Gasteiger charge is -2.19. The molecule has 26 heavy (non-hydrogen) atoms. The normalized spacial score (nSPS) is 12.5. The first-order valence-corrected chi connectivity index (χ1v) is 10.3. The Morgan fingerprint density at radius 3 is 2.23 bits per heavy atom. The Morgan fingerprint density at radius 2 is 1.62 bits per heavy atom. The third kappa shape index (κ3) is 4.64. The van der Waals surface area contributed by atoms with Gasteiger partial charge in [0.25, 0.3) is 5.91 Å². The molecule has 1 atom stereocenters. The zero-order valence-electron chi connectivity index (χ0n) is 16.1. The minimum absolute atomic E-state index is 0.160. The number of sulfonamides is 1. The number of aryl methyl sites for hydroxylation is 3. The number of benzene rings is 2. The van der Waals surface area contributed by atoms with E-state index < -0.39 is 10.0 Å². The van der Waals surface area contributed by atoms with E-state index in [0.29, 0.717) is 16.8 Å². The summed E-state index contributed by atoms with van der Waals surface area (Å²) < 4.78 is 25.4. The molecule has 0 saturated carbocycles. The van der Waals surface area contributed by atoms with E-state index in [-0.39, 0.29) is 11.9 Å². The zero-order valence-corrected chi connectivity index (χ0v) is 16.9. The molecular weight excluding hydrogens is 348 g/mol. The largest absolute Gasteiger partial charge is 0.345 e. The van der Waals surface area contributed by atoms with Crippen LogP contribution in [0.1, 0.15) is 51.1 Å². The van der Waals surface area contributed by atoms with Crippen LogP contribution < -0.4 is 10.0 Å². The highest BCUT2D eigenvalue weighted by atomic mass is 32.2. The molecule has 0 aliphatic rings. The van der Waals surface area contributed by atoms with Crippen molar-refractivity contribution < 1.29 is 13.2 Å². The molecule has 5 nitrogen and oxygen atoms in total. The van der Waals surface area contributed by atoms with Crippen molar-refractivity contribution in [1.82, 2.24) is 5.32 Å². The van der Waals surface area contributed by atoms with Gasteiger partial charge in [0, 0.05) is 5.56 Å². The summed E-state index contributed by atoms with van der Waals surface area (Å²) in [6, 6.07) is 9.07. The summed E-state index contributed by atoms with van der Waals surface area (Å²) in [5.41, 5.74) is 6.07. The molecule has 0 aliphatic heterocycles. The van der Waals surface area contributed by atoms with Crippen LogP contribution in [0.25, 0.3) is 0 Å². The molecule has 140 valence electrons. The second-order valence-corrected chi connectivity index (χ2v) is 8.59. The average Bonchev–Trinajstić information content (AvgIpc) is 2.51. The SMILES string of the molecule is Cc1cc(C)c(C(C)NC(=O)c2cccc(NS(C)(=O)=O)c2C)cc1C. The Bertz CT molecular complexity index is 950. The maximum absolute atomic E-state index is 12.7. The van der Waals surface area contributed by atoms with Crippen molar-refractivity contribution in [1.29, 1.82) is 0 Å². The number of carbonyl (C=O) groups excluding carboxylic acids is 1. The van der Waals surface area contributed by atoms with Gasteiger partial charge in [-0.1, -0.05) is 18.2 Å². The van der Waals surface area contributed by atoms with E-state index in [1.54, 1.807) is 25.1 Å². The maximum atomic E-state index is 12.7. The Labute approximate surface area is 155 Å². The Kier molecular flexibility index (Phi) is 5.76. The number of carbonyl (C=O) groups is 1. The van der Waals surface area contributed by atoms with Gasteiger partial charge in [-0.15, -0.1) is 0 Å². The van der Waals surface area contributed by atoms with Crippen LogP contribution in [0.4, 0.5) is 5.69 Å². The highest BCUT2D eigenvalue weighted by Crippen LogP contribution is 2.24. The second kappa shape index (κ2) is 7.50. The molecule has 0 aliphatic carbocycles. The van der Waals surface area contributed by atoms with Crippen LogP contribution in [0.5, 0.6) is 0 Å². The van der Waals surface area contributed by atoms with Gasteiger partial charge in [-0.25, -0.2) is 8.42 Å². The minimum Gasteiger partial charge on any atom is -0.345 e. The fourth-order valence-corrected chi connectivity index (χ4v) is 3.61. The van der Waals surface area contributed by atoms with Crippen LogP contribution in [-0.2, 0) is 10.0 Å². The molecule has 0 heterocycles.